The van der Waals surface area contributed by atoms with E-state index >= 15 is 0 Å². The molecule has 0 aliphatic carbocycles. The first-order chi connectivity index (χ1) is 9.88. The van der Waals surface area contributed by atoms with Crippen molar-refractivity contribution in [2.24, 2.45) is 0 Å². The van der Waals surface area contributed by atoms with Crippen LogP contribution < -0.4 is 0 Å². The number of nitrogens with zero attached hydrogens (tertiary/aromatic N) is 2. The zero-order valence-corrected chi connectivity index (χ0v) is 11.2. The summed E-state index contributed by atoms with van der Waals surface area (Å²) < 4.78 is 5.90. The van der Waals surface area contributed by atoms with Crippen LogP contribution in [0.2, 0.25) is 0 Å². The van der Waals surface area contributed by atoms with E-state index in [1.807, 2.05) is 54.7 Å². The molecule has 0 aliphatic rings. The van der Waals surface area contributed by atoms with Crippen molar-refractivity contribution in [1.29, 1.82) is 0 Å². The second-order valence-electron chi connectivity index (χ2n) is 4.40. The second-order valence-corrected chi connectivity index (χ2v) is 4.40. The molecule has 0 spiro atoms. The molecule has 0 amide bonds. The first kappa shape index (κ1) is 12.6. The minimum absolute atomic E-state index is 0.795. The molecule has 3 rings (SSSR count). The Balaban J connectivity index is 2.27. The third-order valence-electron chi connectivity index (χ3n) is 3.33. The fourth-order valence-corrected chi connectivity index (χ4v) is 2.42. The maximum absolute atomic E-state index is 5.90. The standard InChI is InChI=1S/C16H15N3O/c1-20-16(15-9-6-12-19-15,13-7-2-4-10-17-13)14-8-3-5-11-18-14/h2-12,19H,1H3. The van der Waals surface area contributed by atoms with Gasteiger partial charge in [0.25, 0.3) is 0 Å². The van der Waals surface area contributed by atoms with E-state index in [-0.39, 0.29) is 0 Å². The molecule has 0 aromatic carbocycles. The summed E-state index contributed by atoms with van der Waals surface area (Å²) in [6.07, 6.45) is 5.39. The number of ether oxygens (including phenoxy) is 1. The van der Waals surface area contributed by atoms with E-state index in [1.54, 1.807) is 19.5 Å². The summed E-state index contributed by atoms with van der Waals surface area (Å²) in [6, 6.07) is 15.5. The number of rotatable bonds is 4. The Bertz CT molecular complexity index is 611. The van der Waals surface area contributed by atoms with Gasteiger partial charge in [0.15, 0.2) is 5.60 Å². The highest BCUT2D eigenvalue weighted by Crippen LogP contribution is 2.36. The summed E-state index contributed by atoms with van der Waals surface area (Å²) >= 11 is 0. The highest BCUT2D eigenvalue weighted by atomic mass is 16.5. The molecular weight excluding hydrogens is 250 g/mol. The van der Waals surface area contributed by atoms with Gasteiger partial charge in [-0.05, 0) is 36.4 Å². The Morgan fingerprint density at radius 1 is 0.900 bits per heavy atom. The molecule has 100 valence electrons. The van der Waals surface area contributed by atoms with E-state index in [1.165, 1.54) is 0 Å². The smallest absolute Gasteiger partial charge is 0.191 e. The topological polar surface area (TPSA) is 50.8 Å². The number of aromatic nitrogens is 3. The van der Waals surface area contributed by atoms with Crippen LogP contribution in [0.25, 0.3) is 0 Å². The Morgan fingerprint density at radius 2 is 1.55 bits per heavy atom. The van der Waals surface area contributed by atoms with Gasteiger partial charge in [0.1, 0.15) is 0 Å². The second kappa shape index (κ2) is 5.27. The van der Waals surface area contributed by atoms with Gasteiger partial charge >= 0.3 is 0 Å². The molecule has 0 aliphatic heterocycles. The van der Waals surface area contributed by atoms with E-state index in [0.717, 1.165) is 17.1 Å². The van der Waals surface area contributed by atoms with E-state index in [0.29, 0.717) is 0 Å². The summed E-state index contributed by atoms with van der Waals surface area (Å²) in [7, 11) is 1.67. The number of H-pyrrole nitrogens is 1. The largest absolute Gasteiger partial charge is 0.362 e. The lowest BCUT2D eigenvalue weighted by Crippen LogP contribution is -2.34. The van der Waals surface area contributed by atoms with Gasteiger partial charge in [0, 0.05) is 25.7 Å². The van der Waals surface area contributed by atoms with Crippen LogP contribution in [0.3, 0.4) is 0 Å². The van der Waals surface area contributed by atoms with Crippen LogP contribution in [0.15, 0.2) is 67.1 Å². The monoisotopic (exact) mass is 265 g/mol. The Hall–Kier alpha value is -2.46. The summed E-state index contributed by atoms with van der Waals surface area (Å²) in [5.74, 6) is 0. The van der Waals surface area contributed by atoms with Crippen LogP contribution in [0.1, 0.15) is 17.1 Å². The molecule has 0 fully saturated rings. The van der Waals surface area contributed by atoms with Crippen molar-refractivity contribution in [2.45, 2.75) is 5.60 Å². The molecule has 3 aromatic rings. The number of methoxy groups -OCH3 is 1. The SMILES string of the molecule is COC(c1ccccn1)(c1ccccn1)c1ccc[nH]1. The lowest BCUT2D eigenvalue weighted by molar-refractivity contribution is 0.0478. The van der Waals surface area contributed by atoms with E-state index in [2.05, 4.69) is 15.0 Å². The zero-order chi connectivity index (χ0) is 13.8. The Labute approximate surface area is 117 Å². The fraction of sp³-hybridized carbons (Fsp3) is 0.125. The molecule has 0 saturated carbocycles. The third-order valence-corrected chi connectivity index (χ3v) is 3.33. The molecule has 0 unspecified atom stereocenters. The van der Waals surface area contributed by atoms with Crippen LogP contribution in [-0.2, 0) is 10.3 Å². The minimum Gasteiger partial charge on any atom is -0.362 e. The molecule has 20 heavy (non-hydrogen) atoms. The Morgan fingerprint density at radius 3 is 1.95 bits per heavy atom. The average molecular weight is 265 g/mol. The molecule has 3 aromatic heterocycles. The summed E-state index contributed by atoms with van der Waals surface area (Å²) in [5, 5.41) is 0. The molecule has 4 heteroatoms. The van der Waals surface area contributed by atoms with Gasteiger partial charge in [-0.25, -0.2) is 0 Å². The van der Waals surface area contributed by atoms with Crippen molar-refractivity contribution >= 4 is 0 Å². The van der Waals surface area contributed by atoms with Crippen molar-refractivity contribution in [3.63, 3.8) is 0 Å². The third kappa shape index (κ3) is 1.90. The number of nitrogens with one attached hydrogen (secondary N) is 1. The quantitative estimate of drug-likeness (QED) is 0.789. The lowest BCUT2D eigenvalue weighted by Gasteiger charge is -2.30. The zero-order valence-electron chi connectivity index (χ0n) is 11.2. The van der Waals surface area contributed by atoms with Gasteiger partial charge in [0.2, 0.25) is 0 Å². The Kier molecular flexibility index (Phi) is 3.31. The van der Waals surface area contributed by atoms with Crippen molar-refractivity contribution < 1.29 is 4.74 Å². The van der Waals surface area contributed by atoms with Crippen LogP contribution in [-0.4, -0.2) is 22.1 Å². The molecule has 0 atom stereocenters. The van der Waals surface area contributed by atoms with Crippen LogP contribution in [0.4, 0.5) is 0 Å². The van der Waals surface area contributed by atoms with Crippen LogP contribution >= 0.6 is 0 Å². The maximum Gasteiger partial charge on any atom is 0.191 e. The van der Waals surface area contributed by atoms with E-state index < -0.39 is 5.60 Å². The molecular formula is C16H15N3O. The van der Waals surface area contributed by atoms with E-state index in [4.69, 9.17) is 4.74 Å². The number of pyridine rings is 2. The molecule has 3 heterocycles. The highest BCUT2D eigenvalue weighted by molar-refractivity contribution is 5.38. The summed E-state index contributed by atoms with van der Waals surface area (Å²) in [5.41, 5.74) is 1.66. The number of hydrogen-bond donors (Lipinski definition) is 1. The first-order valence-electron chi connectivity index (χ1n) is 6.40. The lowest BCUT2D eigenvalue weighted by atomic mass is 9.90. The van der Waals surface area contributed by atoms with Gasteiger partial charge in [-0.2, -0.15) is 0 Å². The normalized spacial score (nSPS) is 11.4. The number of hydrogen-bond acceptors (Lipinski definition) is 3. The van der Waals surface area contributed by atoms with Crippen molar-refractivity contribution in [2.75, 3.05) is 7.11 Å². The minimum atomic E-state index is -0.827. The molecule has 0 saturated heterocycles. The predicted molar refractivity (Wildman–Crippen MR) is 76.2 cm³/mol. The van der Waals surface area contributed by atoms with Crippen LogP contribution in [0, 0.1) is 0 Å². The van der Waals surface area contributed by atoms with Gasteiger partial charge in [0.05, 0.1) is 17.1 Å². The average Bonchev–Trinajstić information content (AvgIpc) is 3.06. The highest BCUT2D eigenvalue weighted by Gasteiger charge is 2.40. The molecule has 0 bridgehead atoms. The maximum atomic E-state index is 5.90. The first-order valence-corrected chi connectivity index (χ1v) is 6.40. The predicted octanol–water partition coefficient (Wildman–Crippen LogP) is 2.74. The van der Waals surface area contributed by atoms with Crippen molar-refractivity contribution in [3.05, 3.63) is 84.2 Å². The van der Waals surface area contributed by atoms with Gasteiger partial charge in [-0.3, -0.25) is 9.97 Å². The van der Waals surface area contributed by atoms with E-state index in [9.17, 15) is 0 Å². The summed E-state index contributed by atoms with van der Waals surface area (Å²) in [6.45, 7) is 0. The summed E-state index contributed by atoms with van der Waals surface area (Å²) in [4.78, 5) is 12.2. The molecule has 4 nitrogen and oxygen atoms in total. The van der Waals surface area contributed by atoms with Gasteiger partial charge in [-0.15, -0.1) is 0 Å². The molecule has 1 N–H and O–H groups in total. The van der Waals surface area contributed by atoms with Crippen LogP contribution in [0.5, 0.6) is 0 Å². The fourth-order valence-electron chi connectivity index (χ4n) is 2.42. The van der Waals surface area contributed by atoms with Gasteiger partial charge in [-0.1, -0.05) is 12.1 Å². The van der Waals surface area contributed by atoms with Gasteiger partial charge < -0.3 is 9.72 Å². The number of aromatic amines is 1. The van der Waals surface area contributed by atoms with Crippen molar-refractivity contribution in [1.82, 2.24) is 15.0 Å². The van der Waals surface area contributed by atoms with Crippen molar-refractivity contribution in [3.8, 4) is 0 Å². The molecule has 0 radical (unpaired) electrons.